The predicted octanol–water partition coefficient (Wildman–Crippen LogP) is 3.04. The number of aromatic nitrogens is 4. The first kappa shape index (κ1) is 20.8. The number of halogens is 2. The Kier molecular flexibility index (Phi) is 6.31. The van der Waals surface area contributed by atoms with Crippen molar-refractivity contribution in [3.63, 3.8) is 0 Å². The number of carbonyl (C=O) groups is 1. The molecule has 0 bridgehead atoms. The van der Waals surface area contributed by atoms with Crippen LogP contribution in [0.1, 0.15) is 16.2 Å². The molecule has 0 unspecified atom stereocenters. The summed E-state index contributed by atoms with van der Waals surface area (Å²) in [5.74, 6) is 1.47. The molecule has 4 rings (SSSR count). The largest absolute Gasteiger partial charge is 0.497 e. The molecule has 2 aromatic carbocycles. The van der Waals surface area contributed by atoms with Crippen molar-refractivity contribution in [1.29, 1.82) is 0 Å². The Bertz CT molecular complexity index is 1030. The summed E-state index contributed by atoms with van der Waals surface area (Å²) in [7, 11) is 1.63. The predicted molar refractivity (Wildman–Crippen MR) is 116 cm³/mol. The molecule has 10 heteroatoms. The molecular weight excluding hydrogens is 472 g/mol. The van der Waals surface area contributed by atoms with E-state index in [0.29, 0.717) is 30.2 Å². The van der Waals surface area contributed by atoms with Crippen LogP contribution in [0, 0.1) is 0 Å². The van der Waals surface area contributed by atoms with Gasteiger partial charge in [0.2, 0.25) is 0 Å². The minimum absolute atomic E-state index is 0.0518. The molecule has 0 radical (unpaired) electrons. The van der Waals surface area contributed by atoms with Crippen molar-refractivity contribution in [1.82, 2.24) is 30.0 Å². The van der Waals surface area contributed by atoms with Crippen LogP contribution in [-0.2, 0) is 6.54 Å². The van der Waals surface area contributed by atoms with Crippen molar-refractivity contribution in [2.24, 2.45) is 0 Å². The van der Waals surface area contributed by atoms with Gasteiger partial charge >= 0.3 is 0 Å². The maximum Gasteiger partial charge on any atom is 0.255 e. The first-order valence-electron chi connectivity index (χ1n) is 9.43. The Labute approximate surface area is 187 Å². The summed E-state index contributed by atoms with van der Waals surface area (Å²) >= 11 is 9.62. The maximum atomic E-state index is 12.8. The van der Waals surface area contributed by atoms with Crippen LogP contribution < -0.4 is 4.74 Å². The standard InChI is InChI=1S/C20H20BrClN6O2/c1-30-16-5-3-15(4-6-16)28-19(23-24-25-28)13-26-8-10-27(11-9-26)20(29)17-12-14(21)2-7-18(17)22/h2-7,12H,8-11,13H2,1H3. The summed E-state index contributed by atoms with van der Waals surface area (Å²) in [4.78, 5) is 16.9. The lowest BCUT2D eigenvalue weighted by atomic mass is 10.2. The number of benzene rings is 2. The maximum absolute atomic E-state index is 12.8. The summed E-state index contributed by atoms with van der Waals surface area (Å²) < 4.78 is 7.75. The third kappa shape index (κ3) is 4.48. The second kappa shape index (κ2) is 9.11. The van der Waals surface area contributed by atoms with Gasteiger partial charge in [-0.1, -0.05) is 27.5 Å². The van der Waals surface area contributed by atoms with E-state index >= 15 is 0 Å². The zero-order valence-corrected chi connectivity index (χ0v) is 18.7. The third-order valence-corrected chi connectivity index (χ3v) is 5.86. The van der Waals surface area contributed by atoms with Gasteiger partial charge < -0.3 is 9.64 Å². The number of tetrazole rings is 1. The fourth-order valence-electron chi connectivity index (χ4n) is 3.37. The van der Waals surface area contributed by atoms with E-state index in [1.807, 2.05) is 35.2 Å². The summed E-state index contributed by atoms with van der Waals surface area (Å²) in [6, 6.07) is 12.9. The van der Waals surface area contributed by atoms with Crippen LogP contribution in [0.5, 0.6) is 5.75 Å². The molecule has 0 spiro atoms. The molecule has 3 aromatic rings. The van der Waals surface area contributed by atoms with Gasteiger partial charge in [-0.25, -0.2) is 0 Å². The molecule has 30 heavy (non-hydrogen) atoms. The van der Waals surface area contributed by atoms with E-state index < -0.39 is 0 Å². The lowest BCUT2D eigenvalue weighted by molar-refractivity contribution is 0.0624. The molecule has 0 atom stereocenters. The van der Waals surface area contributed by atoms with Crippen LogP contribution in [0.2, 0.25) is 5.02 Å². The number of ether oxygens (including phenoxy) is 1. The van der Waals surface area contributed by atoms with Gasteiger partial charge in [-0.05, 0) is 52.9 Å². The van der Waals surface area contributed by atoms with Crippen LogP contribution in [0.25, 0.3) is 5.69 Å². The number of amides is 1. The molecule has 0 aliphatic carbocycles. The van der Waals surface area contributed by atoms with Crippen molar-refractivity contribution in [3.8, 4) is 11.4 Å². The second-order valence-electron chi connectivity index (χ2n) is 6.90. The van der Waals surface area contributed by atoms with Gasteiger partial charge in [0, 0.05) is 30.7 Å². The molecule has 1 aliphatic rings. The van der Waals surface area contributed by atoms with Crippen LogP contribution >= 0.6 is 27.5 Å². The average molecular weight is 492 g/mol. The van der Waals surface area contributed by atoms with Crippen LogP contribution in [0.3, 0.4) is 0 Å². The number of carbonyl (C=O) groups excluding carboxylic acids is 1. The number of hydrogen-bond donors (Lipinski definition) is 0. The molecule has 1 aromatic heterocycles. The molecule has 8 nitrogen and oxygen atoms in total. The van der Waals surface area contributed by atoms with Crippen molar-refractivity contribution < 1.29 is 9.53 Å². The minimum atomic E-state index is -0.0518. The van der Waals surface area contributed by atoms with Crippen LogP contribution in [-0.4, -0.2) is 69.2 Å². The molecule has 0 saturated carbocycles. The normalized spacial score (nSPS) is 14.7. The molecule has 0 N–H and O–H groups in total. The highest BCUT2D eigenvalue weighted by atomic mass is 79.9. The number of rotatable bonds is 5. The summed E-state index contributed by atoms with van der Waals surface area (Å²) in [5, 5.41) is 12.6. The van der Waals surface area contributed by atoms with Gasteiger partial charge in [0.25, 0.3) is 5.91 Å². The van der Waals surface area contributed by atoms with E-state index in [2.05, 4.69) is 36.4 Å². The average Bonchev–Trinajstić information content (AvgIpc) is 3.23. The molecule has 1 fully saturated rings. The fourth-order valence-corrected chi connectivity index (χ4v) is 3.93. The van der Waals surface area contributed by atoms with E-state index in [1.54, 1.807) is 23.9 Å². The minimum Gasteiger partial charge on any atom is -0.497 e. The van der Waals surface area contributed by atoms with E-state index in [0.717, 1.165) is 34.8 Å². The smallest absolute Gasteiger partial charge is 0.255 e. The van der Waals surface area contributed by atoms with Gasteiger partial charge in [0.15, 0.2) is 5.82 Å². The van der Waals surface area contributed by atoms with Gasteiger partial charge in [0.05, 0.1) is 29.9 Å². The lowest BCUT2D eigenvalue weighted by Crippen LogP contribution is -2.48. The second-order valence-corrected chi connectivity index (χ2v) is 8.22. The van der Waals surface area contributed by atoms with Gasteiger partial charge in [-0.15, -0.1) is 5.10 Å². The number of hydrogen-bond acceptors (Lipinski definition) is 6. The Morgan fingerprint density at radius 1 is 1.13 bits per heavy atom. The number of nitrogens with zero attached hydrogens (tertiary/aromatic N) is 6. The summed E-state index contributed by atoms with van der Waals surface area (Å²) in [6.45, 7) is 3.29. The van der Waals surface area contributed by atoms with Crippen molar-refractivity contribution >= 4 is 33.4 Å². The van der Waals surface area contributed by atoms with E-state index in [-0.39, 0.29) is 5.91 Å². The monoisotopic (exact) mass is 490 g/mol. The lowest BCUT2D eigenvalue weighted by Gasteiger charge is -2.34. The first-order chi connectivity index (χ1) is 14.5. The summed E-state index contributed by atoms with van der Waals surface area (Å²) in [6.07, 6.45) is 0. The van der Waals surface area contributed by atoms with Crippen molar-refractivity contribution in [2.45, 2.75) is 6.54 Å². The Morgan fingerprint density at radius 3 is 2.57 bits per heavy atom. The van der Waals surface area contributed by atoms with Crippen molar-refractivity contribution in [3.05, 3.63) is 63.3 Å². The topological polar surface area (TPSA) is 76.4 Å². The van der Waals surface area contributed by atoms with E-state index in [9.17, 15) is 4.79 Å². The van der Waals surface area contributed by atoms with Gasteiger partial charge in [-0.3, -0.25) is 9.69 Å². The molecule has 1 aliphatic heterocycles. The zero-order valence-electron chi connectivity index (χ0n) is 16.3. The van der Waals surface area contributed by atoms with Crippen LogP contribution in [0.15, 0.2) is 46.9 Å². The Hall–Kier alpha value is -2.49. The highest BCUT2D eigenvalue weighted by Crippen LogP contribution is 2.23. The van der Waals surface area contributed by atoms with Gasteiger partial charge in [-0.2, -0.15) is 4.68 Å². The quantitative estimate of drug-likeness (QED) is 0.546. The number of piperazine rings is 1. The molecule has 2 heterocycles. The van der Waals surface area contributed by atoms with Crippen LogP contribution in [0.4, 0.5) is 0 Å². The third-order valence-electron chi connectivity index (χ3n) is 5.03. The highest BCUT2D eigenvalue weighted by Gasteiger charge is 2.25. The highest BCUT2D eigenvalue weighted by molar-refractivity contribution is 9.10. The Balaban J connectivity index is 1.39. The fraction of sp³-hybridized carbons (Fsp3) is 0.300. The SMILES string of the molecule is COc1ccc(-n2nnnc2CN2CCN(C(=O)c3cc(Br)ccc3Cl)CC2)cc1. The van der Waals surface area contributed by atoms with Crippen molar-refractivity contribution in [2.75, 3.05) is 33.3 Å². The zero-order chi connectivity index (χ0) is 21.1. The Morgan fingerprint density at radius 2 is 1.87 bits per heavy atom. The molecule has 156 valence electrons. The van der Waals surface area contributed by atoms with E-state index in [4.69, 9.17) is 16.3 Å². The van der Waals surface area contributed by atoms with E-state index in [1.165, 1.54) is 0 Å². The molecule has 1 amide bonds. The molecular formula is C20H20BrClN6O2. The summed E-state index contributed by atoms with van der Waals surface area (Å²) in [5.41, 5.74) is 1.39. The van der Waals surface area contributed by atoms with Gasteiger partial charge in [0.1, 0.15) is 5.75 Å². The number of methoxy groups -OCH3 is 1. The first-order valence-corrected chi connectivity index (χ1v) is 10.6. The molecule has 1 saturated heterocycles.